The molecule has 6 N–H and O–H groups in total. The maximum atomic E-state index is 11.9. The molecule has 188 valence electrons. The third-order valence-corrected chi connectivity index (χ3v) is 5.73. The van der Waals surface area contributed by atoms with Gasteiger partial charge in [-0.05, 0) is 30.5 Å². The summed E-state index contributed by atoms with van der Waals surface area (Å²) in [5.41, 5.74) is 7.52. The SMILES string of the molecule is COc1cccc(-c2csc(NC(=O)CCCCCNSN)n2)c1.NC(=O)OCc1ccccc1. The fourth-order valence-electron chi connectivity index (χ4n) is 2.88. The van der Waals surface area contributed by atoms with Crippen LogP contribution in [-0.4, -0.2) is 30.6 Å². The zero-order valence-electron chi connectivity index (χ0n) is 19.6. The van der Waals surface area contributed by atoms with E-state index in [0.717, 1.165) is 60.5 Å². The lowest BCUT2D eigenvalue weighted by Crippen LogP contribution is -2.12. The summed E-state index contributed by atoms with van der Waals surface area (Å²) >= 11 is 2.55. The summed E-state index contributed by atoms with van der Waals surface area (Å²) in [6, 6.07) is 17.1. The molecule has 2 amide bonds. The molecule has 0 aliphatic rings. The summed E-state index contributed by atoms with van der Waals surface area (Å²) in [5, 5.41) is 10.7. The normalized spacial score (nSPS) is 10.1. The molecule has 11 heteroatoms. The van der Waals surface area contributed by atoms with Crippen LogP contribution in [0.5, 0.6) is 5.75 Å². The number of carbonyl (C=O) groups is 2. The highest BCUT2D eigenvalue weighted by Crippen LogP contribution is 2.27. The van der Waals surface area contributed by atoms with Crippen LogP contribution in [0.2, 0.25) is 0 Å². The number of unbranched alkanes of at least 4 members (excludes halogenated alkanes) is 2. The highest BCUT2D eigenvalue weighted by Gasteiger charge is 2.08. The quantitative estimate of drug-likeness (QED) is 0.200. The Labute approximate surface area is 213 Å². The van der Waals surface area contributed by atoms with Crippen LogP contribution in [0.1, 0.15) is 31.2 Å². The number of methoxy groups -OCH3 is 1. The van der Waals surface area contributed by atoms with E-state index in [4.69, 9.17) is 15.6 Å². The number of thiazole rings is 1. The van der Waals surface area contributed by atoms with E-state index in [0.29, 0.717) is 11.6 Å². The Hall–Kier alpha value is -3.12. The van der Waals surface area contributed by atoms with E-state index in [-0.39, 0.29) is 12.5 Å². The summed E-state index contributed by atoms with van der Waals surface area (Å²) < 4.78 is 12.8. The number of nitrogens with zero attached hydrogens (tertiary/aromatic N) is 1. The summed E-state index contributed by atoms with van der Waals surface area (Å²) in [7, 11) is 1.64. The number of rotatable bonds is 12. The Morgan fingerprint density at radius 1 is 1.09 bits per heavy atom. The van der Waals surface area contributed by atoms with Crippen LogP contribution < -0.4 is 25.6 Å². The molecule has 0 unspecified atom stereocenters. The molecule has 9 nitrogen and oxygen atoms in total. The van der Waals surface area contributed by atoms with Crippen molar-refractivity contribution in [2.75, 3.05) is 19.0 Å². The molecule has 0 fully saturated rings. The van der Waals surface area contributed by atoms with Gasteiger partial charge in [0, 0.05) is 36.0 Å². The number of anilines is 1. The van der Waals surface area contributed by atoms with E-state index >= 15 is 0 Å². The smallest absolute Gasteiger partial charge is 0.404 e. The van der Waals surface area contributed by atoms with Crippen LogP contribution in [-0.2, 0) is 16.1 Å². The minimum atomic E-state index is -0.742. The van der Waals surface area contributed by atoms with Crippen molar-refractivity contribution >= 4 is 40.6 Å². The molecule has 1 aromatic heterocycles. The number of carbonyl (C=O) groups excluding carboxylic acids is 2. The molecule has 0 bridgehead atoms. The first kappa shape index (κ1) is 28.1. The van der Waals surface area contributed by atoms with Crippen molar-refractivity contribution in [1.29, 1.82) is 0 Å². The van der Waals surface area contributed by atoms with Crippen molar-refractivity contribution in [3.8, 4) is 17.0 Å². The maximum absolute atomic E-state index is 11.9. The number of aromatic nitrogens is 1. The molecule has 3 rings (SSSR count). The zero-order chi connectivity index (χ0) is 25.3. The number of benzene rings is 2. The zero-order valence-corrected chi connectivity index (χ0v) is 21.2. The Morgan fingerprint density at radius 3 is 2.60 bits per heavy atom. The van der Waals surface area contributed by atoms with E-state index < -0.39 is 6.09 Å². The standard InChI is InChI=1S/C16H22N4O2S2.C8H9NO2/c1-22-13-7-5-6-12(10-13)14-11-23-16(19-14)20-15(21)8-3-2-4-9-18-24-17;9-8(10)11-6-7-4-2-1-3-5-7/h5-7,10-11,18H,2-4,8-9,17H2,1H3,(H,19,20,21);1-5H,6H2,(H2,9,10). The van der Waals surface area contributed by atoms with E-state index in [2.05, 4.69) is 19.8 Å². The van der Waals surface area contributed by atoms with E-state index in [9.17, 15) is 9.59 Å². The molecule has 0 aliphatic heterocycles. The number of amides is 2. The van der Waals surface area contributed by atoms with Gasteiger partial charge in [-0.1, -0.05) is 48.9 Å². The van der Waals surface area contributed by atoms with Gasteiger partial charge in [-0.25, -0.2) is 9.78 Å². The molecule has 3 aromatic rings. The van der Waals surface area contributed by atoms with Crippen LogP contribution in [0, 0.1) is 0 Å². The average molecular weight is 518 g/mol. The first-order valence-electron chi connectivity index (χ1n) is 11.0. The lowest BCUT2D eigenvalue weighted by atomic mass is 10.2. The fraction of sp³-hybridized carbons (Fsp3) is 0.292. The minimum absolute atomic E-state index is 0.00250. The number of nitrogens with one attached hydrogen (secondary N) is 2. The lowest BCUT2D eigenvalue weighted by Gasteiger charge is -2.03. The topological polar surface area (TPSA) is 142 Å². The molecule has 35 heavy (non-hydrogen) atoms. The number of primary amides is 1. The number of hydrogen-bond donors (Lipinski definition) is 4. The molecule has 0 saturated heterocycles. The largest absolute Gasteiger partial charge is 0.497 e. The fourth-order valence-corrected chi connectivity index (χ4v) is 3.87. The second-order valence-electron chi connectivity index (χ2n) is 7.23. The second kappa shape index (κ2) is 16.5. The molecule has 0 atom stereocenters. The number of hydrogen-bond acceptors (Lipinski definition) is 9. The Morgan fingerprint density at radius 2 is 1.89 bits per heavy atom. The van der Waals surface area contributed by atoms with Gasteiger partial charge in [0.1, 0.15) is 12.4 Å². The highest BCUT2D eigenvalue weighted by atomic mass is 32.2. The maximum Gasteiger partial charge on any atom is 0.404 e. The number of nitrogens with two attached hydrogens (primary N) is 2. The summed E-state index contributed by atoms with van der Waals surface area (Å²) in [6.07, 6.45) is 2.62. The predicted molar refractivity (Wildman–Crippen MR) is 142 cm³/mol. The minimum Gasteiger partial charge on any atom is -0.497 e. The molecule has 0 saturated carbocycles. The third-order valence-electron chi connectivity index (χ3n) is 4.61. The van der Waals surface area contributed by atoms with Gasteiger partial charge in [0.2, 0.25) is 5.91 Å². The van der Waals surface area contributed by atoms with Crippen LogP contribution in [0.3, 0.4) is 0 Å². The van der Waals surface area contributed by atoms with Crippen LogP contribution in [0.15, 0.2) is 60.0 Å². The highest BCUT2D eigenvalue weighted by molar-refractivity contribution is 7.95. The van der Waals surface area contributed by atoms with E-state index in [1.165, 1.54) is 11.3 Å². The monoisotopic (exact) mass is 517 g/mol. The predicted octanol–water partition coefficient (Wildman–Crippen LogP) is 4.71. The van der Waals surface area contributed by atoms with Crippen LogP contribution >= 0.6 is 23.5 Å². The molecule has 0 aliphatic carbocycles. The first-order valence-corrected chi connectivity index (χ1v) is 12.7. The average Bonchev–Trinajstić information content (AvgIpc) is 3.34. The van der Waals surface area contributed by atoms with E-state index in [1.54, 1.807) is 7.11 Å². The van der Waals surface area contributed by atoms with Gasteiger partial charge in [0.05, 0.1) is 12.8 Å². The van der Waals surface area contributed by atoms with Crippen LogP contribution in [0.25, 0.3) is 11.3 Å². The van der Waals surface area contributed by atoms with Gasteiger partial charge in [0.25, 0.3) is 0 Å². The molecule has 0 radical (unpaired) electrons. The van der Waals surface area contributed by atoms with Crippen molar-refractivity contribution < 1.29 is 19.1 Å². The van der Waals surface area contributed by atoms with Gasteiger partial charge in [-0.2, -0.15) is 0 Å². The van der Waals surface area contributed by atoms with Gasteiger partial charge < -0.3 is 20.5 Å². The molecule has 1 heterocycles. The molecular weight excluding hydrogens is 486 g/mol. The van der Waals surface area contributed by atoms with Gasteiger partial charge >= 0.3 is 6.09 Å². The van der Waals surface area contributed by atoms with Crippen molar-refractivity contribution in [3.63, 3.8) is 0 Å². The van der Waals surface area contributed by atoms with Crippen molar-refractivity contribution in [2.24, 2.45) is 10.9 Å². The Balaban J connectivity index is 0.000000328. The first-order chi connectivity index (χ1) is 17.0. The lowest BCUT2D eigenvalue weighted by molar-refractivity contribution is -0.116. The Kier molecular flexibility index (Phi) is 13.3. The number of ether oxygens (including phenoxy) is 2. The Bertz CT molecular complexity index is 1030. The summed E-state index contributed by atoms with van der Waals surface area (Å²) in [6.45, 7) is 1.11. The van der Waals surface area contributed by atoms with Crippen LogP contribution in [0.4, 0.5) is 9.93 Å². The van der Waals surface area contributed by atoms with Crippen molar-refractivity contribution in [2.45, 2.75) is 32.3 Å². The second-order valence-corrected chi connectivity index (χ2v) is 8.62. The third kappa shape index (κ3) is 11.7. The van der Waals surface area contributed by atoms with Gasteiger partial charge in [-0.3, -0.25) is 14.7 Å². The van der Waals surface area contributed by atoms with Crippen molar-refractivity contribution in [3.05, 3.63) is 65.5 Å². The molecular formula is C24H31N5O4S2. The van der Waals surface area contributed by atoms with Gasteiger partial charge in [-0.15, -0.1) is 11.3 Å². The molecule has 2 aromatic carbocycles. The van der Waals surface area contributed by atoms with Gasteiger partial charge in [0.15, 0.2) is 5.13 Å². The summed E-state index contributed by atoms with van der Waals surface area (Å²) in [4.78, 5) is 26.6. The molecule has 0 spiro atoms. The summed E-state index contributed by atoms with van der Waals surface area (Å²) in [5.74, 6) is 0.788. The van der Waals surface area contributed by atoms with E-state index in [1.807, 2.05) is 60.0 Å². The van der Waals surface area contributed by atoms with Crippen molar-refractivity contribution in [1.82, 2.24) is 9.71 Å².